The molecule has 0 N–H and O–H groups in total. The third kappa shape index (κ3) is 5.57. The van der Waals surface area contributed by atoms with Crippen LogP contribution in [0.4, 0.5) is 10.8 Å². The number of sulfonamides is 1. The zero-order valence-electron chi connectivity index (χ0n) is 22.8. The van der Waals surface area contributed by atoms with E-state index in [0.717, 1.165) is 52.8 Å². The number of carbonyl (C=O) groups excluding carboxylic acids is 1. The van der Waals surface area contributed by atoms with E-state index in [0.29, 0.717) is 23.8 Å². The molecule has 0 atom stereocenters. The van der Waals surface area contributed by atoms with Crippen LogP contribution in [0.3, 0.4) is 0 Å². The van der Waals surface area contributed by atoms with E-state index in [-0.39, 0.29) is 10.8 Å². The fourth-order valence-electron chi connectivity index (χ4n) is 4.91. The fourth-order valence-corrected chi connectivity index (χ4v) is 7.52. The summed E-state index contributed by atoms with van der Waals surface area (Å²) in [6, 6.07) is 18.1. The maximum Gasteiger partial charge on any atom is 0.264 e. The largest absolute Gasteiger partial charge is 0.309 e. The van der Waals surface area contributed by atoms with E-state index in [1.165, 1.54) is 21.2 Å². The Morgan fingerprint density at radius 3 is 2.46 bits per heavy atom. The summed E-state index contributed by atoms with van der Waals surface area (Å²) < 4.78 is 29.7. The summed E-state index contributed by atoms with van der Waals surface area (Å²) in [4.78, 5) is 22.6. The quantitative estimate of drug-likeness (QED) is 0.277. The van der Waals surface area contributed by atoms with E-state index < -0.39 is 10.0 Å². The summed E-state index contributed by atoms with van der Waals surface area (Å²) in [5.41, 5.74) is 5.44. The predicted molar refractivity (Wildman–Crippen MR) is 160 cm³/mol. The van der Waals surface area contributed by atoms with Gasteiger partial charge < -0.3 is 4.90 Å². The van der Waals surface area contributed by atoms with Gasteiger partial charge in [0.1, 0.15) is 0 Å². The number of fused-ring (bicyclic) bond motifs is 2. The van der Waals surface area contributed by atoms with Crippen molar-refractivity contribution in [3.63, 3.8) is 0 Å². The van der Waals surface area contributed by atoms with E-state index in [1.54, 1.807) is 29.2 Å². The van der Waals surface area contributed by atoms with E-state index in [4.69, 9.17) is 4.98 Å². The number of aromatic nitrogens is 1. The van der Waals surface area contributed by atoms with Crippen molar-refractivity contribution in [1.82, 2.24) is 9.88 Å². The van der Waals surface area contributed by atoms with Gasteiger partial charge in [0.25, 0.3) is 15.9 Å². The van der Waals surface area contributed by atoms with Crippen LogP contribution in [0.2, 0.25) is 0 Å². The average molecular weight is 563 g/mol. The van der Waals surface area contributed by atoms with Crippen molar-refractivity contribution in [1.29, 1.82) is 0 Å². The Balaban J connectivity index is 1.44. The molecule has 0 unspecified atom stereocenters. The van der Waals surface area contributed by atoms with Gasteiger partial charge in [0.2, 0.25) is 0 Å². The standard InChI is InChI=1S/C30H34N4O3S2/c1-21-19-26-28(20-22(21)2)38-30(31-26)33(17-8-16-32(3)4)29(35)24-12-14-25(15-13-24)39(36,37)34-18-7-10-23-9-5-6-11-27(23)34/h5-6,9,11-15,19-20H,7-8,10,16-18H2,1-4H3. The van der Waals surface area contributed by atoms with Gasteiger partial charge in [-0.15, -0.1) is 0 Å². The number of hydrogen-bond donors (Lipinski definition) is 0. The van der Waals surface area contributed by atoms with E-state index >= 15 is 0 Å². The van der Waals surface area contributed by atoms with Gasteiger partial charge in [0, 0.05) is 18.7 Å². The molecule has 0 radical (unpaired) electrons. The van der Waals surface area contributed by atoms with Crippen LogP contribution in [0.15, 0.2) is 65.6 Å². The third-order valence-corrected chi connectivity index (χ3v) is 10.1. The monoisotopic (exact) mass is 562 g/mol. The van der Waals surface area contributed by atoms with Crippen molar-refractivity contribution in [2.24, 2.45) is 0 Å². The minimum atomic E-state index is -3.75. The molecule has 9 heteroatoms. The molecule has 1 aromatic heterocycles. The SMILES string of the molecule is Cc1cc2nc(N(CCCN(C)C)C(=O)c3ccc(S(=O)(=O)N4CCCc5ccccc54)cc3)sc2cc1C. The van der Waals surface area contributed by atoms with E-state index in [9.17, 15) is 13.2 Å². The van der Waals surface area contributed by atoms with Crippen LogP contribution < -0.4 is 9.21 Å². The Morgan fingerprint density at radius 2 is 1.72 bits per heavy atom. The van der Waals surface area contributed by atoms with Crippen LogP contribution in [0.5, 0.6) is 0 Å². The number of hydrogen-bond acceptors (Lipinski definition) is 6. The Morgan fingerprint density at radius 1 is 1.00 bits per heavy atom. The summed E-state index contributed by atoms with van der Waals surface area (Å²) in [6.07, 6.45) is 2.42. The minimum absolute atomic E-state index is 0.181. The van der Waals surface area contributed by atoms with Crippen LogP contribution >= 0.6 is 11.3 Å². The molecule has 0 fully saturated rings. The third-order valence-electron chi connectivity index (χ3n) is 7.21. The second-order valence-corrected chi connectivity index (χ2v) is 13.2. The lowest BCUT2D eigenvalue weighted by molar-refractivity contribution is 0.0986. The minimum Gasteiger partial charge on any atom is -0.309 e. The number of para-hydroxylation sites is 1. The first-order valence-electron chi connectivity index (χ1n) is 13.2. The summed E-state index contributed by atoms with van der Waals surface area (Å²) in [7, 11) is 0.272. The van der Waals surface area contributed by atoms with Crippen molar-refractivity contribution in [3.8, 4) is 0 Å². The summed E-state index contributed by atoms with van der Waals surface area (Å²) in [5.74, 6) is -0.187. The molecule has 39 heavy (non-hydrogen) atoms. The molecule has 2 heterocycles. The Kier molecular flexibility index (Phi) is 7.75. The second-order valence-electron chi connectivity index (χ2n) is 10.3. The highest BCUT2D eigenvalue weighted by Crippen LogP contribution is 2.33. The molecule has 0 aliphatic carbocycles. The van der Waals surface area contributed by atoms with Gasteiger partial charge in [-0.25, -0.2) is 13.4 Å². The Hall–Kier alpha value is -3.27. The number of benzene rings is 3. The van der Waals surface area contributed by atoms with Crippen molar-refractivity contribution >= 4 is 48.3 Å². The smallest absolute Gasteiger partial charge is 0.264 e. The molecule has 204 valence electrons. The van der Waals surface area contributed by atoms with Crippen molar-refractivity contribution in [3.05, 3.63) is 82.9 Å². The maximum atomic E-state index is 13.8. The zero-order valence-corrected chi connectivity index (χ0v) is 24.5. The molecule has 3 aromatic carbocycles. The van der Waals surface area contributed by atoms with E-state index in [1.807, 2.05) is 38.4 Å². The van der Waals surface area contributed by atoms with Crippen LogP contribution in [0, 0.1) is 13.8 Å². The number of aryl methyl sites for hydroxylation is 3. The van der Waals surface area contributed by atoms with Gasteiger partial charge in [-0.2, -0.15) is 0 Å². The Bertz CT molecular complexity index is 1570. The molecule has 4 aromatic rings. The molecular weight excluding hydrogens is 528 g/mol. The molecular formula is C30H34N4O3S2. The highest BCUT2D eigenvalue weighted by Gasteiger charge is 2.29. The van der Waals surface area contributed by atoms with Crippen LogP contribution in [-0.4, -0.2) is 57.9 Å². The summed E-state index contributed by atoms with van der Waals surface area (Å²) in [6.45, 7) is 5.93. The molecule has 1 aliphatic rings. The maximum absolute atomic E-state index is 13.8. The summed E-state index contributed by atoms with van der Waals surface area (Å²) >= 11 is 1.51. The second kappa shape index (κ2) is 11.1. The van der Waals surface area contributed by atoms with Gasteiger partial charge in [0.15, 0.2) is 5.13 Å². The number of rotatable bonds is 8. The zero-order chi connectivity index (χ0) is 27.7. The molecule has 0 saturated carbocycles. The number of nitrogens with zero attached hydrogens (tertiary/aromatic N) is 4. The van der Waals surface area contributed by atoms with Crippen molar-refractivity contribution < 1.29 is 13.2 Å². The van der Waals surface area contributed by atoms with Gasteiger partial charge in [-0.1, -0.05) is 29.5 Å². The van der Waals surface area contributed by atoms with Crippen LogP contribution in [0.25, 0.3) is 10.2 Å². The number of anilines is 2. The Labute approximate surface area is 234 Å². The molecule has 0 saturated heterocycles. The lowest BCUT2D eigenvalue weighted by atomic mass is 10.0. The van der Waals surface area contributed by atoms with Gasteiger partial charge in [-0.05, 0) is 113 Å². The topological polar surface area (TPSA) is 73.8 Å². The first kappa shape index (κ1) is 27.3. The number of amides is 1. The first-order valence-corrected chi connectivity index (χ1v) is 15.5. The average Bonchev–Trinajstić information content (AvgIpc) is 3.32. The fraction of sp³-hybridized carbons (Fsp3) is 0.333. The lowest BCUT2D eigenvalue weighted by Gasteiger charge is -2.30. The van der Waals surface area contributed by atoms with Gasteiger partial charge >= 0.3 is 0 Å². The van der Waals surface area contributed by atoms with Crippen LogP contribution in [-0.2, 0) is 16.4 Å². The van der Waals surface area contributed by atoms with Gasteiger partial charge in [-0.3, -0.25) is 14.0 Å². The molecule has 7 nitrogen and oxygen atoms in total. The van der Waals surface area contributed by atoms with E-state index in [2.05, 4.69) is 30.9 Å². The van der Waals surface area contributed by atoms with Crippen molar-refractivity contribution in [2.45, 2.75) is 38.0 Å². The highest BCUT2D eigenvalue weighted by molar-refractivity contribution is 7.92. The first-order chi connectivity index (χ1) is 18.6. The van der Waals surface area contributed by atoms with Crippen molar-refractivity contribution in [2.75, 3.05) is 42.9 Å². The van der Waals surface area contributed by atoms with Crippen LogP contribution in [0.1, 0.15) is 39.9 Å². The molecule has 0 bridgehead atoms. The highest BCUT2D eigenvalue weighted by atomic mass is 32.2. The summed E-state index contributed by atoms with van der Waals surface area (Å²) in [5, 5.41) is 0.653. The molecule has 0 spiro atoms. The predicted octanol–water partition coefficient (Wildman–Crippen LogP) is 5.65. The van der Waals surface area contributed by atoms with Gasteiger partial charge in [0.05, 0.1) is 20.8 Å². The molecule has 5 rings (SSSR count). The molecule has 1 aliphatic heterocycles. The lowest BCUT2D eigenvalue weighted by Crippen LogP contribution is -2.35. The normalized spacial score (nSPS) is 13.6. The molecule has 1 amide bonds. The number of carbonyl (C=O) groups is 1. The number of thiazole rings is 1.